The third kappa shape index (κ3) is 3.08. The first-order chi connectivity index (χ1) is 11.4. The number of anilines is 1. The van der Waals surface area contributed by atoms with Gasteiger partial charge in [-0.1, -0.05) is 39.0 Å². The Balaban J connectivity index is 2.07. The lowest BCUT2D eigenvalue weighted by Gasteiger charge is -2.17. The minimum absolute atomic E-state index is 0.155. The molecule has 124 valence electrons. The number of benzene rings is 1. The number of nitrogens with zero attached hydrogens (tertiary/aromatic N) is 3. The Bertz CT molecular complexity index is 869. The third-order valence-electron chi connectivity index (χ3n) is 3.60. The summed E-state index contributed by atoms with van der Waals surface area (Å²) < 4.78 is 5.90. The Kier molecular flexibility index (Phi) is 3.97. The number of rotatable bonds is 3. The molecule has 3 aromatic rings. The first-order valence-electron chi connectivity index (χ1n) is 7.78. The van der Waals surface area contributed by atoms with Crippen LogP contribution < -0.4 is 5.73 Å². The molecule has 0 unspecified atom stereocenters. The second-order valence-electron chi connectivity index (χ2n) is 6.72. The fourth-order valence-electron chi connectivity index (χ4n) is 2.50. The zero-order valence-electron chi connectivity index (χ0n) is 14.3. The van der Waals surface area contributed by atoms with Crippen molar-refractivity contribution in [2.75, 3.05) is 5.73 Å². The highest BCUT2D eigenvalue weighted by atomic mass is 16.3. The Morgan fingerprint density at radius 2 is 1.83 bits per heavy atom. The van der Waals surface area contributed by atoms with Crippen molar-refractivity contribution >= 4 is 17.2 Å². The molecule has 0 aliphatic carbocycles. The van der Waals surface area contributed by atoms with Crippen LogP contribution in [-0.4, -0.2) is 10.2 Å². The molecule has 0 saturated heterocycles. The van der Waals surface area contributed by atoms with Crippen molar-refractivity contribution in [3.05, 3.63) is 47.9 Å². The summed E-state index contributed by atoms with van der Waals surface area (Å²) in [5.41, 5.74) is 8.72. The summed E-state index contributed by atoms with van der Waals surface area (Å²) in [5, 5.41) is 15.6. The summed E-state index contributed by atoms with van der Waals surface area (Å²) in [6.45, 7) is 8.21. The minimum atomic E-state index is -0.155. The molecule has 24 heavy (non-hydrogen) atoms. The highest BCUT2D eigenvalue weighted by Gasteiger charge is 2.27. The van der Waals surface area contributed by atoms with E-state index in [1.54, 1.807) is 0 Å². The van der Waals surface area contributed by atoms with Crippen LogP contribution in [0, 0.1) is 6.92 Å². The number of aromatic nitrogens is 2. The van der Waals surface area contributed by atoms with Crippen LogP contribution in [0.2, 0.25) is 0 Å². The normalized spacial score (nSPS) is 12.2. The Labute approximate surface area is 140 Å². The zero-order chi connectivity index (χ0) is 17.3. The van der Waals surface area contributed by atoms with E-state index in [-0.39, 0.29) is 5.41 Å². The third-order valence-corrected chi connectivity index (χ3v) is 3.60. The fourth-order valence-corrected chi connectivity index (χ4v) is 2.50. The lowest BCUT2D eigenvalue weighted by atomic mass is 9.89. The average molecular weight is 323 g/mol. The van der Waals surface area contributed by atoms with Gasteiger partial charge in [-0.05, 0) is 25.1 Å². The topological polar surface area (TPSA) is 92.6 Å². The average Bonchev–Trinajstić information content (AvgIpc) is 3.09. The molecule has 6 nitrogen and oxygen atoms in total. The van der Waals surface area contributed by atoms with Gasteiger partial charge in [0.15, 0.2) is 11.5 Å². The first kappa shape index (κ1) is 16.0. The minimum Gasteiger partial charge on any atom is -0.465 e. The van der Waals surface area contributed by atoms with Crippen LogP contribution in [0.25, 0.3) is 11.3 Å². The Morgan fingerprint density at radius 3 is 2.50 bits per heavy atom. The Hall–Kier alpha value is -2.89. The SMILES string of the molecule is Cc1cc(-c2[nH]nc(N)c2N=Nc2ccccc2)c(C(C)(C)C)o1. The number of nitrogens with one attached hydrogen (secondary N) is 1. The van der Waals surface area contributed by atoms with Gasteiger partial charge in [0, 0.05) is 11.0 Å². The number of nitrogen functional groups attached to an aromatic ring is 1. The van der Waals surface area contributed by atoms with E-state index < -0.39 is 0 Å². The van der Waals surface area contributed by atoms with Gasteiger partial charge in [-0.15, -0.1) is 5.11 Å². The summed E-state index contributed by atoms with van der Waals surface area (Å²) in [7, 11) is 0. The van der Waals surface area contributed by atoms with E-state index in [1.807, 2.05) is 43.3 Å². The number of hydrogen-bond donors (Lipinski definition) is 2. The van der Waals surface area contributed by atoms with E-state index in [0.717, 1.165) is 22.8 Å². The van der Waals surface area contributed by atoms with Crippen molar-refractivity contribution in [2.45, 2.75) is 33.1 Å². The van der Waals surface area contributed by atoms with Crippen molar-refractivity contribution in [3.8, 4) is 11.3 Å². The second-order valence-corrected chi connectivity index (χ2v) is 6.72. The van der Waals surface area contributed by atoms with Gasteiger partial charge in [-0.3, -0.25) is 5.10 Å². The second kappa shape index (κ2) is 5.96. The van der Waals surface area contributed by atoms with Gasteiger partial charge in [-0.2, -0.15) is 10.2 Å². The lowest BCUT2D eigenvalue weighted by Crippen LogP contribution is -2.11. The summed E-state index contributed by atoms with van der Waals surface area (Å²) in [6.07, 6.45) is 0. The van der Waals surface area contributed by atoms with Crippen molar-refractivity contribution in [2.24, 2.45) is 10.2 Å². The number of furan rings is 1. The summed E-state index contributed by atoms with van der Waals surface area (Å²) in [6, 6.07) is 11.5. The maximum Gasteiger partial charge on any atom is 0.173 e. The van der Waals surface area contributed by atoms with Gasteiger partial charge >= 0.3 is 0 Å². The van der Waals surface area contributed by atoms with Gasteiger partial charge in [0.25, 0.3) is 0 Å². The molecule has 0 amide bonds. The molecular weight excluding hydrogens is 302 g/mol. The van der Waals surface area contributed by atoms with E-state index in [4.69, 9.17) is 10.2 Å². The van der Waals surface area contributed by atoms with Crippen molar-refractivity contribution < 1.29 is 4.42 Å². The molecular formula is C18H21N5O. The molecule has 0 atom stereocenters. The van der Waals surface area contributed by atoms with Crippen molar-refractivity contribution in [1.29, 1.82) is 0 Å². The van der Waals surface area contributed by atoms with E-state index in [9.17, 15) is 0 Å². The number of nitrogens with two attached hydrogens (primary N) is 1. The molecule has 2 heterocycles. The molecule has 2 aromatic heterocycles. The molecule has 0 saturated carbocycles. The van der Waals surface area contributed by atoms with Gasteiger partial charge < -0.3 is 10.2 Å². The summed E-state index contributed by atoms with van der Waals surface area (Å²) in [4.78, 5) is 0. The van der Waals surface area contributed by atoms with Gasteiger partial charge in [0.05, 0.1) is 11.4 Å². The molecule has 0 aliphatic heterocycles. The monoisotopic (exact) mass is 323 g/mol. The number of aryl methyl sites for hydroxylation is 1. The molecule has 1 aromatic carbocycles. The first-order valence-corrected chi connectivity index (χ1v) is 7.78. The smallest absolute Gasteiger partial charge is 0.173 e. The van der Waals surface area contributed by atoms with Crippen LogP contribution in [-0.2, 0) is 5.41 Å². The van der Waals surface area contributed by atoms with Crippen LogP contribution >= 0.6 is 0 Å². The number of H-pyrrole nitrogens is 1. The molecule has 0 fully saturated rings. The number of aromatic amines is 1. The predicted molar refractivity (Wildman–Crippen MR) is 94.8 cm³/mol. The van der Waals surface area contributed by atoms with Crippen LogP contribution in [0.1, 0.15) is 32.3 Å². The molecule has 0 radical (unpaired) electrons. The quantitative estimate of drug-likeness (QED) is 0.643. The number of hydrogen-bond acceptors (Lipinski definition) is 5. The lowest BCUT2D eigenvalue weighted by molar-refractivity contribution is 0.397. The maximum atomic E-state index is 5.98. The van der Waals surface area contributed by atoms with Gasteiger partial charge in [0.2, 0.25) is 0 Å². The van der Waals surface area contributed by atoms with E-state index in [2.05, 4.69) is 41.2 Å². The molecule has 0 bridgehead atoms. The molecule has 3 rings (SSSR count). The zero-order valence-corrected chi connectivity index (χ0v) is 14.3. The molecule has 6 heteroatoms. The number of azo groups is 1. The highest BCUT2D eigenvalue weighted by Crippen LogP contribution is 2.41. The summed E-state index contributed by atoms with van der Waals surface area (Å²) in [5.74, 6) is 2.00. The van der Waals surface area contributed by atoms with Crippen LogP contribution in [0.3, 0.4) is 0 Å². The van der Waals surface area contributed by atoms with E-state index in [0.29, 0.717) is 17.2 Å². The van der Waals surface area contributed by atoms with Crippen LogP contribution in [0.5, 0.6) is 0 Å². The molecule has 0 aliphatic rings. The van der Waals surface area contributed by atoms with Crippen LogP contribution in [0.15, 0.2) is 51.0 Å². The standard InChI is InChI=1S/C18H21N5O/c1-11-10-13(16(24-11)18(2,3)4)14-15(17(19)23-21-14)22-20-12-8-6-5-7-9-12/h5-10H,1-4H3,(H3,19,21,23). The summed E-state index contributed by atoms with van der Waals surface area (Å²) >= 11 is 0. The van der Waals surface area contributed by atoms with Gasteiger partial charge in [-0.25, -0.2) is 0 Å². The van der Waals surface area contributed by atoms with Crippen molar-refractivity contribution in [3.63, 3.8) is 0 Å². The largest absolute Gasteiger partial charge is 0.465 e. The highest BCUT2D eigenvalue weighted by molar-refractivity contribution is 5.81. The maximum absolute atomic E-state index is 5.98. The molecule has 0 spiro atoms. The predicted octanol–water partition coefficient (Wildman–Crippen LogP) is 5.27. The Morgan fingerprint density at radius 1 is 1.12 bits per heavy atom. The van der Waals surface area contributed by atoms with Crippen molar-refractivity contribution in [1.82, 2.24) is 10.2 Å². The van der Waals surface area contributed by atoms with Crippen LogP contribution in [0.4, 0.5) is 17.2 Å². The molecule has 3 N–H and O–H groups in total. The van der Waals surface area contributed by atoms with E-state index >= 15 is 0 Å². The van der Waals surface area contributed by atoms with Gasteiger partial charge in [0.1, 0.15) is 11.5 Å². The van der Waals surface area contributed by atoms with E-state index in [1.165, 1.54) is 0 Å². The fraction of sp³-hybridized carbons (Fsp3) is 0.278.